The van der Waals surface area contributed by atoms with Gasteiger partial charge in [0.1, 0.15) is 5.75 Å². The highest BCUT2D eigenvalue weighted by molar-refractivity contribution is 5.27. The van der Waals surface area contributed by atoms with Gasteiger partial charge in [0, 0.05) is 6.54 Å². The summed E-state index contributed by atoms with van der Waals surface area (Å²) < 4.78 is 5.10. The minimum Gasteiger partial charge on any atom is -0.497 e. The summed E-state index contributed by atoms with van der Waals surface area (Å²) in [4.78, 5) is 2.06. The van der Waals surface area contributed by atoms with Crippen molar-refractivity contribution in [1.29, 1.82) is 5.26 Å². The van der Waals surface area contributed by atoms with E-state index >= 15 is 0 Å². The fourth-order valence-corrected chi connectivity index (χ4v) is 1.63. The average Bonchev–Trinajstić information content (AvgIpc) is 2.31. The summed E-state index contributed by atoms with van der Waals surface area (Å²) in [6.45, 7) is 2.81. The molecule has 0 radical (unpaired) electrons. The Bertz CT molecular complexity index is 353. The van der Waals surface area contributed by atoms with Gasteiger partial charge in [0.25, 0.3) is 0 Å². The molecule has 86 valence electrons. The van der Waals surface area contributed by atoms with E-state index in [0.29, 0.717) is 0 Å². The van der Waals surface area contributed by atoms with Gasteiger partial charge in [-0.15, -0.1) is 0 Å². The van der Waals surface area contributed by atoms with Crippen LogP contribution in [0.4, 0.5) is 0 Å². The van der Waals surface area contributed by atoms with Crippen LogP contribution in [0.3, 0.4) is 0 Å². The lowest BCUT2D eigenvalue weighted by Crippen LogP contribution is -2.29. The molecule has 0 N–H and O–H groups in total. The van der Waals surface area contributed by atoms with Gasteiger partial charge in [-0.3, -0.25) is 4.90 Å². The molecule has 1 aromatic carbocycles. The molecule has 1 unspecified atom stereocenters. The molecule has 3 nitrogen and oxygen atoms in total. The van der Waals surface area contributed by atoms with Crippen molar-refractivity contribution in [2.75, 3.05) is 14.2 Å². The molecule has 1 atom stereocenters. The zero-order valence-electron chi connectivity index (χ0n) is 10.1. The predicted octanol–water partition coefficient (Wildman–Crippen LogP) is 2.43. The van der Waals surface area contributed by atoms with Crippen molar-refractivity contribution < 1.29 is 4.74 Å². The Kier molecular flexibility index (Phi) is 4.81. The molecular formula is C13H18N2O. The molecule has 0 aliphatic rings. The van der Waals surface area contributed by atoms with Crippen LogP contribution in [0.25, 0.3) is 0 Å². The fourth-order valence-electron chi connectivity index (χ4n) is 1.63. The Morgan fingerprint density at radius 2 is 2.00 bits per heavy atom. The van der Waals surface area contributed by atoms with Crippen molar-refractivity contribution in [3.05, 3.63) is 29.8 Å². The molecule has 0 heterocycles. The van der Waals surface area contributed by atoms with Crippen LogP contribution in [-0.2, 0) is 6.54 Å². The van der Waals surface area contributed by atoms with Crippen LogP contribution in [0.5, 0.6) is 5.75 Å². The summed E-state index contributed by atoms with van der Waals surface area (Å²) in [5.41, 5.74) is 1.19. The second kappa shape index (κ2) is 6.14. The zero-order chi connectivity index (χ0) is 12.0. The van der Waals surface area contributed by atoms with Crippen LogP contribution in [0.15, 0.2) is 24.3 Å². The maximum absolute atomic E-state index is 8.94. The number of ether oxygens (including phenoxy) is 1. The number of nitrogens with zero attached hydrogens (tertiary/aromatic N) is 2. The first kappa shape index (κ1) is 12.5. The van der Waals surface area contributed by atoms with E-state index in [1.807, 2.05) is 38.2 Å². The predicted molar refractivity (Wildman–Crippen MR) is 64.2 cm³/mol. The van der Waals surface area contributed by atoms with Crippen LogP contribution >= 0.6 is 0 Å². The summed E-state index contributed by atoms with van der Waals surface area (Å²) in [6.07, 6.45) is 0.850. The lowest BCUT2D eigenvalue weighted by Gasteiger charge is -2.21. The molecule has 0 saturated heterocycles. The van der Waals surface area contributed by atoms with E-state index in [-0.39, 0.29) is 6.04 Å². The fraction of sp³-hybridized carbons (Fsp3) is 0.462. The van der Waals surface area contributed by atoms with Crippen molar-refractivity contribution in [1.82, 2.24) is 4.90 Å². The normalized spacial score (nSPS) is 12.2. The SMILES string of the molecule is CCC(C#N)N(C)Cc1ccc(OC)cc1. The first-order valence-corrected chi connectivity index (χ1v) is 5.44. The summed E-state index contributed by atoms with van der Waals surface area (Å²) in [6, 6.07) is 10.2. The van der Waals surface area contributed by atoms with Crippen LogP contribution < -0.4 is 4.74 Å². The quantitative estimate of drug-likeness (QED) is 0.761. The van der Waals surface area contributed by atoms with Gasteiger partial charge >= 0.3 is 0 Å². The Morgan fingerprint density at radius 3 is 2.44 bits per heavy atom. The molecular weight excluding hydrogens is 200 g/mol. The molecule has 0 aliphatic heterocycles. The third-order valence-corrected chi connectivity index (χ3v) is 2.66. The minimum absolute atomic E-state index is 0.0119. The smallest absolute Gasteiger partial charge is 0.118 e. The molecule has 0 spiro atoms. The molecule has 0 fully saturated rings. The van der Waals surface area contributed by atoms with Crippen LogP contribution in [0, 0.1) is 11.3 Å². The highest BCUT2D eigenvalue weighted by Crippen LogP contribution is 2.13. The van der Waals surface area contributed by atoms with E-state index in [9.17, 15) is 0 Å². The third-order valence-electron chi connectivity index (χ3n) is 2.66. The summed E-state index contributed by atoms with van der Waals surface area (Å²) in [5, 5.41) is 8.94. The summed E-state index contributed by atoms with van der Waals surface area (Å²) in [5.74, 6) is 0.860. The number of rotatable bonds is 5. The molecule has 1 rings (SSSR count). The molecule has 0 bridgehead atoms. The number of hydrogen-bond acceptors (Lipinski definition) is 3. The molecule has 3 heteroatoms. The average molecular weight is 218 g/mol. The number of hydrogen-bond donors (Lipinski definition) is 0. The van der Waals surface area contributed by atoms with Crippen molar-refractivity contribution in [3.63, 3.8) is 0 Å². The Labute approximate surface area is 97.3 Å². The topological polar surface area (TPSA) is 36.3 Å². The van der Waals surface area contributed by atoms with E-state index in [1.165, 1.54) is 5.56 Å². The minimum atomic E-state index is -0.0119. The Hall–Kier alpha value is -1.53. The number of methoxy groups -OCH3 is 1. The summed E-state index contributed by atoms with van der Waals surface area (Å²) in [7, 11) is 3.63. The third kappa shape index (κ3) is 3.25. The van der Waals surface area contributed by atoms with Gasteiger partial charge in [-0.25, -0.2) is 0 Å². The summed E-state index contributed by atoms with van der Waals surface area (Å²) >= 11 is 0. The molecule has 0 aromatic heterocycles. The molecule has 0 saturated carbocycles. The van der Waals surface area contributed by atoms with Crippen molar-refractivity contribution in [3.8, 4) is 11.8 Å². The van der Waals surface area contributed by atoms with E-state index in [1.54, 1.807) is 7.11 Å². The van der Waals surface area contributed by atoms with Gasteiger partial charge in [0.05, 0.1) is 19.2 Å². The van der Waals surface area contributed by atoms with Gasteiger partial charge in [0.15, 0.2) is 0 Å². The van der Waals surface area contributed by atoms with E-state index < -0.39 is 0 Å². The Morgan fingerprint density at radius 1 is 1.38 bits per heavy atom. The second-order valence-corrected chi connectivity index (χ2v) is 3.82. The van der Waals surface area contributed by atoms with Crippen molar-refractivity contribution >= 4 is 0 Å². The zero-order valence-corrected chi connectivity index (χ0v) is 10.1. The van der Waals surface area contributed by atoms with Crippen molar-refractivity contribution in [2.24, 2.45) is 0 Å². The standard InChI is InChI=1S/C13H18N2O/c1-4-12(9-14)15(2)10-11-5-7-13(16-3)8-6-11/h5-8,12H,4,10H2,1-3H3. The maximum atomic E-state index is 8.94. The highest BCUT2D eigenvalue weighted by atomic mass is 16.5. The Balaban J connectivity index is 2.62. The second-order valence-electron chi connectivity index (χ2n) is 3.82. The molecule has 1 aromatic rings. The first-order chi connectivity index (χ1) is 7.71. The number of nitriles is 1. The molecule has 16 heavy (non-hydrogen) atoms. The van der Waals surface area contributed by atoms with Gasteiger partial charge in [-0.2, -0.15) is 5.26 Å². The van der Waals surface area contributed by atoms with Gasteiger partial charge in [0.2, 0.25) is 0 Å². The van der Waals surface area contributed by atoms with E-state index in [2.05, 4.69) is 11.0 Å². The van der Waals surface area contributed by atoms with Gasteiger partial charge in [-0.1, -0.05) is 19.1 Å². The lowest BCUT2D eigenvalue weighted by molar-refractivity contribution is 0.273. The van der Waals surface area contributed by atoms with Gasteiger partial charge in [-0.05, 0) is 31.2 Å². The maximum Gasteiger partial charge on any atom is 0.118 e. The number of benzene rings is 1. The molecule has 0 aliphatic carbocycles. The van der Waals surface area contributed by atoms with Crippen molar-refractivity contribution in [2.45, 2.75) is 25.9 Å². The van der Waals surface area contributed by atoms with E-state index in [0.717, 1.165) is 18.7 Å². The van der Waals surface area contributed by atoms with Gasteiger partial charge < -0.3 is 4.74 Å². The van der Waals surface area contributed by atoms with Crippen LogP contribution in [0.1, 0.15) is 18.9 Å². The van der Waals surface area contributed by atoms with Crippen LogP contribution in [0.2, 0.25) is 0 Å². The highest BCUT2D eigenvalue weighted by Gasteiger charge is 2.11. The lowest BCUT2D eigenvalue weighted by atomic mass is 10.1. The largest absolute Gasteiger partial charge is 0.497 e. The first-order valence-electron chi connectivity index (χ1n) is 5.44. The molecule has 0 amide bonds. The van der Waals surface area contributed by atoms with E-state index in [4.69, 9.17) is 10.00 Å². The van der Waals surface area contributed by atoms with Crippen LogP contribution in [-0.4, -0.2) is 25.1 Å². The monoisotopic (exact) mass is 218 g/mol.